The second-order valence-electron chi connectivity index (χ2n) is 8.84. The van der Waals surface area contributed by atoms with E-state index in [4.69, 9.17) is 25.0 Å². The number of nitriles is 1. The van der Waals surface area contributed by atoms with Crippen LogP contribution < -0.4 is 0 Å². The SMILES string of the molecule is CCc1nc(COCCN=[N+]=[N-])c(C(=O)OC(C)(C)C)c(-c2ccc([N+](=O)[O-])cc2)c1C(=O)OCCC#N. The fourth-order valence-electron chi connectivity index (χ4n) is 3.44. The van der Waals surface area contributed by atoms with E-state index in [0.717, 1.165) is 0 Å². The van der Waals surface area contributed by atoms with Crippen molar-refractivity contribution in [3.8, 4) is 17.2 Å². The van der Waals surface area contributed by atoms with Crippen LogP contribution >= 0.6 is 0 Å². The van der Waals surface area contributed by atoms with Gasteiger partial charge in [0, 0.05) is 29.2 Å². The summed E-state index contributed by atoms with van der Waals surface area (Å²) in [5, 5.41) is 23.5. The number of benzene rings is 1. The lowest BCUT2D eigenvalue weighted by atomic mass is 9.91. The first-order valence-electron chi connectivity index (χ1n) is 11.7. The number of nitro groups is 1. The molecule has 0 aliphatic rings. The van der Waals surface area contributed by atoms with Crippen LogP contribution in [0.3, 0.4) is 0 Å². The Morgan fingerprint density at radius 3 is 2.37 bits per heavy atom. The number of carbonyl (C=O) groups excluding carboxylic acids is 2. The zero-order valence-corrected chi connectivity index (χ0v) is 21.6. The Balaban J connectivity index is 2.84. The fourth-order valence-corrected chi connectivity index (χ4v) is 3.44. The number of esters is 2. The third-order valence-corrected chi connectivity index (χ3v) is 4.94. The summed E-state index contributed by atoms with van der Waals surface area (Å²) < 4.78 is 16.5. The summed E-state index contributed by atoms with van der Waals surface area (Å²) in [5.41, 5.74) is 8.20. The van der Waals surface area contributed by atoms with Gasteiger partial charge < -0.3 is 14.2 Å². The second-order valence-corrected chi connectivity index (χ2v) is 8.84. The van der Waals surface area contributed by atoms with E-state index >= 15 is 0 Å². The number of non-ortho nitro benzene ring substituents is 1. The zero-order valence-electron chi connectivity index (χ0n) is 21.6. The van der Waals surface area contributed by atoms with Gasteiger partial charge >= 0.3 is 11.9 Å². The number of pyridine rings is 1. The molecule has 0 saturated carbocycles. The highest BCUT2D eigenvalue weighted by molar-refractivity contribution is 6.07. The molecule has 0 atom stereocenters. The van der Waals surface area contributed by atoms with Crippen LogP contribution in [0.15, 0.2) is 29.4 Å². The van der Waals surface area contributed by atoms with E-state index in [9.17, 15) is 19.7 Å². The second kappa shape index (κ2) is 13.7. The summed E-state index contributed by atoms with van der Waals surface area (Å²) in [6, 6.07) is 7.22. The lowest BCUT2D eigenvalue weighted by Gasteiger charge is -2.24. The summed E-state index contributed by atoms with van der Waals surface area (Å²) >= 11 is 0. The van der Waals surface area contributed by atoms with Crippen LogP contribution in [0.5, 0.6) is 0 Å². The van der Waals surface area contributed by atoms with Gasteiger partial charge in [-0.25, -0.2) is 9.59 Å². The molecule has 13 nitrogen and oxygen atoms in total. The predicted molar refractivity (Wildman–Crippen MR) is 135 cm³/mol. The van der Waals surface area contributed by atoms with E-state index in [0.29, 0.717) is 11.3 Å². The van der Waals surface area contributed by atoms with Crippen molar-refractivity contribution in [1.29, 1.82) is 5.26 Å². The number of rotatable bonds is 12. The third-order valence-electron chi connectivity index (χ3n) is 4.94. The van der Waals surface area contributed by atoms with Crippen LogP contribution in [0, 0.1) is 21.4 Å². The van der Waals surface area contributed by atoms with Gasteiger partial charge in [-0.1, -0.05) is 12.0 Å². The molecule has 1 aromatic heterocycles. The maximum atomic E-state index is 13.5. The van der Waals surface area contributed by atoms with Gasteiger partial charge in [-0.15, -0.1) is 0 Å². The summed E-state index contributed by atoms with van der Waals surface area (Å²) in [6.07, 6.45) is 0.229. The van der Waals surface area contributed by atoms with Crippen LogP contribution in [0.1, 0.15) is 66.2 Å². The molecule has 200 valence electrons. The molecule has 0 N–H and O–H groups in total. The maximum absolute atomic E-state index is 13.5. The minimum atomic E-state index is -0.902. The molecule has 2 rings (SSSR count). The van der Waals surface area contributed by atoms with Crippen LogP contribution in [0.2, 0.25) is 0 Å². The number of nitro benzene ring substituents is 1. The molecule has 13 heteroatoms. The van der Waals surface area contributed by atoms with Crippen LogP contribution in [-0.2, 0) is 27.2 Å². The summed E-state index contributed by atoms with van der Waals surface area (Å²) in [6.45, 7) is 6.54. The Bertz CT molecular complexity index is 1270. The van der Waals surface area contributed by atoms with Crippen LogP contribution in [-0.4, -0.2) is 47.2 Å². The average molecular weight is 525 g/mol. The van der Waals surface area contributed by atoms with Gasteiger partial charge in [-0.2, -0.15) is 5.26 Å². The van der Waals surface area contributed by atoms with E-state index in [1.54, 1.807) is 27.7 Å². The third kappa shape index (κ3) is 7.99. The first kappa shape index (κ1) is 29.7. The lowest BCUT2D eigenvalue weighted by molar-refractivity contribution is -0.384. The molecule has 2 aromatic rings. The number of ether oxygens (including phenoxy) is 3. The molecule has 0 aliphatic carbocycles. The smallest absolute Gasteiger partial charge is 0.341 e. The Morgan fingerprint density at radius 2 is 1.82 bits per heavy atom. The predicted octanol–water partition coefficient (Wildman–Crippen LogP) is 5.07. The molecule has 0 unspecified atom stereocenters. The molecule has 0 fully saturated rings. The Morgan fingerprint density at radius 1 is 1.16 bits per heavy atom. The Kier molecular flexibility index (Phi) is 10.7. The molecule has 1 heterocycles. The molecule has 0 saturated heterocycles. The van der Waals surface area contributed by atoms with Gasteiger partial charge in [0.2, 0.25) is 0 Å². The first-order valence-corrected chi connectivity index (χ1v) is 11.7. The maximum Gasteiger partial charge on any atom is 0.341 e. The number of azide groups is 1. The van der Waals surface area contributed by atoms with E-state index in [1.165, 1.54) is 24.3 Å². The normalized spacial score (nSPS) is 10.7. The quantitative estimate of drug-likeness (QED) is 0.0693. The number of hydrogen-bond acceptors (Lipinski definition) is 10. The van der Waals surface area contributed by atoms with Gasteiger partial charge in [0.15, 0.2) is 0 Å². The van der Waals surface area contributed by atoms with Crippen molar-refractivity contribution in [1.82, 2.24) is 4.98 Å². The molecule has 1 aromatic carbocycles. The van der Waals surface area contributed by atoms with E-state index in [2.05, 4.69) is 15.0 Å². The van der Waals surface area contributed by atoms with E-state index < -0.39 is 22.5 Å². The zero-order chi connectivity index (χ0) is 28.3. The standard InChI is InChI=1S/C25H28N6O7/c1-5-18-21(23(32)37-13-6-11-26)20(16-7-9-17(10-8-16)31(34)35)22(24(33)38-25(2,3)4)19(29-18)15-36-14-12-28-30-27/h7-10H,5-6,12-15H2,1-4H3. The van der Waals surface area contributed by atoms with Gasteiger partial charge in [0.1, 0.15) is 12.2 Å². The summed E-state index contributed by atoms with van der Waals surface area (Å²) in [5.74, 6) is -1.60. The highest BCUT2D eigenvalue weighted by atomic mass is 16.6. The van der Waals surface area contributed by atoms with Gasteiger partial charge in [0.05, 0.1) is 53.1 Å². The molecular weight excluding hydrogens is 496 g/mol. The first-order chi connectivity index (χ1) is 18.0. The molecule has 0 amide bonds. The monoisotopic (exact) mass is 524 g/mol. The van der Waals surface area contributed by atoms with Crippen molar-refractivity contribution in [3.05, 3.63) is 67.3 Å². The number of carbonyl (C=O) groups is 2. The minimum Gasteiger partial charge on any atom is -0.461 e. The van der Waals surface area contributed by atoms with Crippen molar-refractivity contribution in [2.75, 3.05) is 19.8 Å². The number of aryl methyl sites for hydroxylation is 1. The molecule has 0 aliphatic heterocycles. The Hall–Kier alpha value is -4.53. The summed E-state index contributed by atoms with van der Waals surface area (Å²) in [4.78, 5) is 44.7. The fraction of sp³-hybridized carbons (Fsp3) is 0.440. The molecule has 0 spiro atoms. The molecule has 0 radical (unpaired) electrons. The topological polar surface area (TPSA) is 190 Å². The molecular formula is C25H28N6O7. The Labute approximate surface area is 219 Å². The number of aromatic nitrogens is 1. The molecule has 38 heavy (non-hydrogen) atoms. The number of hydrogen-bond donors (Lipinski definition) is 0. The van der Waals surface area contributed by atoms with Crippen LogP contribution in [0.25, 0.3) is 21.6 Å². The van der Waals surface area contributed by atoms with Gasteiger partial charge in [-0.3, -0.25) is 15.1 Å². The van der Waals surface area contributed by atoms with E-state index in [1.807, 2.05) is 6.07 Å². The number of nitrogens with zero attached hydrogens (tertiary/aromatic N) is 6. The highest BCUT2D eigenvalue weighted by Gasteiger charge is 2.32. The van der Waals surface area contributed by atoms with Crippen molar-refractivity contribution < 1.29 is 28.7 Å². The highest BCUT2D eigenvalue weighted by Crippen LogP contribution is 2.35. The largest absolute Gasteiger partial charge is 0.461 e. The van der Waals surface area contributed by atoms with Crippen molar-refractivity contribution in [3.63, 3.8) is 0 Å². The van der Waals surface area contributed by atoms with Gasteiger partial charge in [-0.05, 0) is 50.4 Å². The van der Waals surface area contributed by atoms with Gasteiger partial charge in [0.25, 0.3) is 5.69 Å². The van der Waals surface area contributed by atoms with Crippen molar-refractivity contribution >= 4 is 17.6 Å². The summed E-state index contributed by atoms with van der Waals surface area (Å²) in [7, 11) is 0. The van der Waals surface area contributed by atoms with Crippen molar-refractivity contribution in [2.45, 2.75) is 52.7 Å². The van der Waals surface area contributed by atoms with E-state index in [-0.39, 0.29) is 67.3 Å². The van der Waals surface area contributed by atoms with Crippen molar-refractivity contribution in [2.24, 2.45) is 5.11 Å². The average Bonchev–Trinajstić information content (AvgIpc) is 2.86. The van der Waals surface area contributed by atoms with Crippen LogP contribution in [0.4, 0.5) is 5.69 Å². The molecule has 0 bridgehead atoms. The minimum absolute atomic E-state index is 0.0158. The lowest BCUT2D eigenvalue weighted by Crippen LogP contribution is -2.27.